The maximum atomic E-state index is 5.82. The molecule has 0 saturated carbocycles. The van der Waals surface area contributed by atoms with E-state index in [0.717, 1.165) is 13.2 Å². The van der Waals surface area contributed by atoms with Gasteiger partial charge in [-0.3, -0.25) is 0 Å². The Labute approximate surface area is 113 Å². The molecular weight excluding hydrogens is 224 g/mol. The first-order valence-electron chi connectivity index (χ1n) is 8.07. The molecule has 2 heteroatoms. The van der Waals surface area contributed by atoms with Crippen molar-refractivity contribution in [3.8, 4) is 0 Å². The van der Waals surface area contributed by atoms with E-state index in [1.807, 2.05) is 0 Å². The van der Waals surface area contributed by atoms with Crippen molar-refractivity contribution in [1.29, 1.82) is 0 Å². The Morgan fingerprint density at radius 3 is 2.33 bits per heavy atom. The average molecular weight is 256 g/mol. The molecule has 1 heterocycles. The lowest BCUT2D eigenvalue weighted by Crippen LogP contribution is -2.30. The van der Waals surface area contributed by atoms with Gasteiger partial charge in [-0.1, -0.05) is 58.8 Å². The molecule has 0 radical (unpaired) electrons. The molecule has 0 aromatic carbocycles. The summed E-state index contributed by atoms with van der Waals surface area (Å²) >= 11 is 0. The summed E-state index contributed by atoms with van der Waals surface area (Å²) in [6, 6.07) is 0. The van der Waals surface area contributed by atoms with E-state index in [4.69, 9.17) is 9.47 Å². The van der Waals surface area contributed by atoms with Crippen molar-refractivity contribution in [2.45, 2.75) is 84.3 Å². The molecular formula is C16H32O2. The van der Waals surface area contributed by atoms with Crippen LogP contribution in [0.5, 0.6) is 0 Å². The summed E-state index contributed by atoms with van der Waals surface area (Å²) < 4.78 is 11.5. The van der Waals surface area contributed by atoms with Crippen LogP contribution in [0.3, 0.4) is 0 Å². The van der Waals surface area contributed by atoms with Crippen LogP contribution in [-0.2, 0) is 9.47 Å². The molecule has 1 aliphatic rings. The van der Waals surface area contributed by atoms with Gasteiger partial charge < -0.3 is 9.47 Å². The Balaban J connectivity index is 1.83. The lowest BCUT2D eigenvalue weighted by atomic mass is 10.0. The topological polar surface area (TPSA) is 18.5 Å². The highest BCUT2D eigenvalue weighted by molar-refractivity contribution is 4.63. The molecule has 0 aromatic heterocycles. The summed E-state index contributed by atoms with van der Waals surface area (Å²) in [5.41, 5.74) is 0. The van der Waals surface area contributed by atoms with Crippen molar-refractivity contribution >= 4 is 0 Å². The molecule has 0 bridgehead atoms. The highest BCUT2D eigenvalue weighted by Gasteiger charge is 2.21. The van der Waals surface area contributed by atoms with Crippen LogP contribution in [0, 0.1) is 5.92 Å². The van der Waals surface area contributed by atoms with Crippen LogP contribution in [0.1, 0.15) is 78.1 Å². The Morgan fingerprint density at radius 2 is 1.67 bits per heavy atom. The zero-order chi connectivity index (χ0) is 13.1. The molecule has 0 aromatic rings. The molecule has 2 nitrogen and oxygen atoms in total. The van der Waals surface area contributed by atoms with Crippen LogP contribution in [-0.4, -0.2) is 19.5 Å². The SMILES string of the molecule is CCCCCCCCCCOC1OCCCC1C. The van der Waals surface area contributed by atoms with Gasteiger partial charge >= 0.3 is 0 Å². The molecule has 18 heavy (non-hydrogen) atoms. The molecule has 2 atom stereocenters. The maximum absolute atomic E-state index is 5.82. The molecule has 0 N–H and O–H groups in total. The van der Waals surface area contributed by atoms with Crippen LogP contribution in [0.4, 0.5) is 0 Å². The smallest absolute Gasteiger partial charge is 0.160 e. The van der Waals surface area contributed by atoms with E-state index in [-0.39, 0.29) is 6.29 Å². The Bertz CT molecular complexity index is 182. The van der Waals surface area contributed by atoms with Gasteiger partial charge in [0, 0.05) is 19.1 Å². The predicted molar refractivity (Wildman–Crippen MR) is 76.7 cm³/mol. The van der Waals surface area contributed by atoms with Crippen LogP contribution in [0.15, 0.2) is 0 Å². The van der Waals surface area contributed by atoms with Crippen molar-refractivity contribution in [1.82, 2.24) is 0 Å². The molecule has 0 aliphatic carbocycles. The van der Waals surface area contributed by atoms with Gasteiger partial charge in [-0.2, -0.15) is 0 Å². The van der Waals surface area contributed by atoms with Crippen molar-refractivity contribution in [2.75, 3.05) is 13.2 Å². The molecule has 0 amide bonds. The first-order valence-corrected chi connectivity index (χ1v) is 8.07. The van der Waals surface area contributed by atoms with Gasteiger partial charge in [0.2, 0.25) is 0 Å². The summed E-state index contributed by atoms with van der Waals surface area (Å²) in [7, 11) is 0. The van der Waals surface area contributed by atoms with E-state index in [9.17, 15) is 0 Å². The third kappa shape index (κ3) is 7.38. The van der Waals surface area contributed by atoms with Gasteiger partial charge in [0.25, 0.3) is 0 Å². The van der Waals surface area contributed by atoms with E-state index >= 15 is 0 Å². The average Bonchev–Trinajstić information content (AvgIpc) is 2.39. The largest absolute Gasteiger partial charge is 0.352 e. The van der Waals surface area contributed by atoms with Crippen LogP contribution in [0.25, 0.3) is 0 Å². The van der Waals surface area contributed by atoms with Crippen LogP contribution in [0.2, 0.25) is 0 Å². The van der Waals surface area contributed by atoms with E-state index < -0.39 is 0 Å². The third-order valence-corrected chi connectivity index (χ3v) is 3.83. The normalized spacial score (nSPS) is 24.3. The summed E-state index contributed by atoms with van der Waals surface area (Å²) in [6.45, 7) is 6.26. The molecule has 0 spiro atoms. The second-order valence-corrected chi connectivity index (χ2v) is 5.70. The second-order valence-electron chi connectivity index (χ2n) is 5.70. The zero-order valence-electron chi connectivity index (χ0n) is 12.5. The van der Waals surface area contributed by atoms with E-state index in [0.29, 0.717) is 5.92 Å². The molecule has 1 rings (SSSR count). The van der Waals surface area contributed by atoms with E-state index in [1.165, 1.54) is 64.2 Å². The minimum atomic E-state index is 0.0725. The quantitative estimate of drug-likeness (QED) is 0.517. The highest BCUT2D eigenvalue weighted by Crippen LogP contribution is 2.21. The Hall–Kier alpha value is -0.0800. The lowest BCUT2D eigenvalue weighted by Gasteiger charge is -2.28. The van der Waals surface area contributed by atoms with Crippen LogP contribution < -0.4 is 0 Å². The number of unbranched alkanes of at least 4 members (excludes halogenated alkanes) is 7. The minimum absolute atomic E-state index is 0.0725. The summed E-state index contributed by atoms with van der Waals surface area (Å²) in [5, 5.41) is 0. The molecule has 2 unspecified atom stereocenters. The molecule has 1 saturated heterocycles. The summed E-state index contributed by atoms with van der Waals surface area (Å²) in [6.07, 6.45) is 13.4. The van der Waals surface area contributed by atoms with Gasteiger partial charge in [0.05, 0.1) is 0 Å². The van der Waals surface area contributed by atoms with E-state index in [2.05, 4.69) is 13.8 Å². The van der Waals surface area contributed by atoms with Crippen LogP contribution >= 0.6 is 0 Å². The second kappa shape index (κ2) is 10.8. The number of rotatable bonds is 10. The van der Waals surface area contributed by atoms with Crippen molar-refractivity contribution in [2.24, 2.45) is 5.92 Å². The summed E-state index contributed by atoms with van der Waals surface area (Å²) in [4.78, 5) is 0. The molecule has 1 fully saturated rings. The first kappa shape index (κ1) is 16.0. The minimum Gasteiger partial charge on any atom is -0.352 e. The van der Waals surface area contributed by atoms with Gasteiger partial charge in [-0.25, -0.2) is 0 Å². The van der Waals surface area contributed by atoms with Crippen molar-refractivity contribution in [3.05, 3.63) is 0 Å². The van der Waals surface area contributed by atoms with Gasteiger partial charge in [0.15, 0.2) is 6.29 Å². The molecule has 1 aliphatic heterocycles. The van der Waals surface area contributed by atoms with Gasteiger partial charge in [0.1, 0.15) is 0 Å². The fourth-order valence-electron chi connectivity index (χ4n) is 2.55. The Morgan fingerprint density at radius 1 is 1.00 bits per heavy atom. The monoisotopic (exact) mass is 256 g/mol. The van der Waals surface area contributed by atoms with E-state index in [1.54, 1.807) is 0 Å². The number of hydrogen-bond donors (Lipinski definition) is 0. The Kier molecular flexibility index (Phi) is 9.59. The fourth-order valence-corrected chi connectivity index (χ4v) is 2.55. The highest BCUT2D eigenvalue weighted by atomic mass is 16.7. The standard InChI is InChI=1S/C16H32O2/c1-3-4-5-6-7-8-9-10-13-17-16-15(2)12-11-14-18-16/h15-16H,3-14H2,1-2H3. The third-order valence-electron chi connectivity index (χ3n) is 3.83. The van der Waals surface area contributed by atoms with Crippen molar-refractivity contribution in [3.63, 3.8) is 0 Å². The van der Waals surface area contributed by atoms with Gasteiger partial charge in [-0.05, 0) is 19.3 Å². The number of ether oxygens (including phenoxy) is 2. The zero-order valence-corrected chi connectivity index (χ0v) is 12.5. The first-order chi connectivity index (χ1) is 8.84. The van der Waals surface area contributed by atoms with Gasteiger partial charge in [-0.15, -0.1) is 0 Å². The number of hydrogen-bond acceptors (Lipinski definition) is 2. The maximum Gasteiger partial charge on any atom is 0.160 e. The van der Waals surface area contributed by atoms with Crippen molar-refractivity contribution < 1.29 is 9.47 Å². The predicted octanol–water partition coefficient (Wildman–Crippen LogP) is 4.92. The molecule has 108 valence electrons. The summed E-state index contributed by atoms with van der Waals surface area (Å²) in [5.74, 6) is 0.577. The fraction of sp³-hybridized carbons (Fsp3) is 1.00. The lowest BCUT2D eigenvalue weighted by molar-refractivity contribution is -0.189.